The number of carbonyl (C=O) groups excluding carboxylic acids is 1. The maximum atomic E-state index is 12.3. The standard InChI is InChI=1S/C17H24ClN3O/c1-3-15(19-14-10-8-13(18)9-11-14)17(22)21-20-16-7-5-4-6-12(16)2/h8-12,15,19H,3-7H2,1-2H3,(H,21,22)/b20-16-/t12-,15-/m0/s1. The highest BCUT2D eigenvalue weighted by molar-refractivity contribution is 6.30. The molecule has 0 bridgehead atoms. The van der Waals surface area contributed by atoms with Gasteiger partial charge in [-0.05, 0) is 55.9 Å². The van der Waals surface area contributed by atoms with E-state index in [-0.39, 0.29) is 11.9 Å². The zero-order chi connectivity index (χ0) is 15.9. The van der Waals surface area contributed by atoms with E-state index in [0.29, 0.717) is 17.4 Å². The number of benzene rings is 1. The Bertz CT molecular complexity index is 527. The van der Waals surface area contributed by atoms with Crippen LogP contribution in [0.15, 0.2) is 29.4 Å². The second-order valence-corrected chi connectivity index (χ2v) is 6.27. The summed E-state index contributed by atoms with van der Waals surface area (Å²) in [6, 6.07) is 7.04. The zero-order valence-corrected chi connectivity index (χ0v) is 14.0. The van der Waals surface area contributed by atoms with Crippen molar-refractivity contribution in [2.24, 2.45) is 11.0 Å². The summed E-state index contributed by atoms with van der Waals surface area (Å²) < 4.78 is 0. The molecule has 1 fully saturated rings. The van der Waals surface area contributed by atoms with Crippen molar-refractivity contribution in [2.45, 2.75) is 52.0 Å². The summed E-state index contributed by atoms with van der Waals surface area (Å²) in [6.45, 7) is 4.15. The van der Waals surface area contributed by atoms with Gasteiger partial charge in [-0.2, -0.15) is 5.10 Å². The SMILES string of the molecule is CC[C@H](Nc1ccc(Cl)cc1)C(=O)N/N=C1/CCCC[C@@H]1C. The minimum atomic E-state index is -0.301. The van der Waals surface area contributed by atoms with Crippen LogP contribution in [0.4, 0.5) is 5.69 Å². The molecular weight excluding hydrogens is 298 g/mol. The highest BCUT2D eigenvalue weighted by Gasteiger charge is 2.19. The molecule has 0 spiro atoms. The van der Waals surface area contributed by atoms with Gasteiger partial charge in [0.05, 0.1) is 0 Å². The molecule has 0 aliphatic heterocycles. The van der Waals surface area contributed by atoms with Gasteiger partial charge in [0.25, 0.3) is 5.91 Å². The van der Waals surface area contributed by atoms with Crippen molar-refractivity contribution >= 4 is 28.9 Å². The predicted octanol–water partition coefficient (Wildman–Crippen LogP) is 4.21. The van der Waals surface area contributed by atoms with E-state index in [1.165, 1.54) is 12.8 Å². The number of anilines is 1. The predicted molar refractivity (Wildman–Crippen MR) is 92.4 cm³/mol. The van der Waals surface area contributed by atoms with Gasteiger partial charge in [0.15, 0.2) is 0 Å². The van der Waals surface area contributed by atoms with E-state index >= 15 is 0 Å². The molecule has 0 saturated heterocycles. The van der Waals surface area contributed by atoms with Crippen LogP contribution in [0.3, 0.4) is 0 Å². The van der Waals surface area contributed by atoms with Gasteiger partial charge in [-0.15, -0.1) is 0 Å². The molecule has 1 aliphatic rings. The van der Waals surface area contributed by atoms with Crippen LogP contribution in [-0.2, 0) is 4.79 Å². The van der Waals surface area contributed by atoms with E-state index in [0.717, 1.165) is 24.2 Å². The Kier molecular flexibility index (Phi) is 6.25. The van der Waals surface area contributed by atoms with Gasteiger partial charge in [-0.25, -0.2) is 5.43 Å². The van der Waals surface area contributed by atoms with E-state index in [1.54, 1.807) is 12.1 Å². The highest BCUT2D eigenvalue weighted by Crippen LogP contribution is 2.20. The zero-order valence-electron chi connectivity index (χ0n) is 13.2. The van der Waals surface area contributed by atoms with Gasteiger partial charge >= 0.3 is 0 Å². The quantitative estimate of drug-likeness (QED) is 0.798. The average Bonchev–Trinajstić information content (AvgIpc) is 2.53. The summed E-state index contributed by atoms with van der Waals surface area (Å²) in [5.41, 5.74) is 4.72. The first-order chi connectivity index (χ1) is 10.6. The Hall–Kier alpha value is -1.55. The number of amides is 1. The van der Waals surface area contributed by atoms with Crippen molar-refractivity contribution < 1.29 is 4.79 Å². The van der Waals surface area contributed by atoms with E-state index in [4.69, 9.17) is 11.6 Å². The maximum Gasteiger partial charge on any atom is 0.262 e. The van der Waals surface area contributed by atoms with Gasteiger partial charge < -0.3 is 5.32 Å². The average molecular weight is 322 g/mol. The number of hydrogen-bond acceptors (Lipinski definition) is 3. The van der Waals surface area contributed by atoms with Crippen molar-refractivity contribution in [3.05, 3.63) is 29.3 Å². The first-order valence-electron chi connectivity index (χ1n) is 7.98. The fourth-order valence-corrected chi connectivity index (χ4v) is 2.77. The monoisotopic (exact) mass is 321 g/mol. The normalized spacial score (nSPS) is 21.4. The molecular formula is C17H24ClN3O. The Morgan fingerprint density at radius 3 is 2.73 bits per heavy atom. The minimum Gasteiger partial charge on any atom is -0.374 e. The molecule has 4 nitrogen and oxygen atoms in total. The number of carbonyl (C=O) groups is 1. The van der Waals surface area contributed by atoms with Crippen molar-refractivity contribution in [3.8, 4) is 0 Å². The fraction of sp³-hybridized carbons (Fsp3) is 0.529. The van der Waals surface area contributed by atoms with E-state index in [1.807, 2.05) is 19.1 Å². The molecule has 0 radical (unpaired) electrons. The van der Waals surface area contributed by atoms with Crippen molar-refractivity contribution in [3.63, 3.8) is 0 Å². The summed E-state index contributed by atoms with van der Waals surface area (Å²) in [7, 11) is 0. The summed E-state index contributed by atoms with van der Waals surface area (Å²) >= 11 is 5.87. The Morgan fingerprint density at radius 1 is 1.36 bits per heavy atom. The number of halogens is 1. The van der Waals surface area contributed by atoms with Crippen molar-refractivity contribution in [1.29, 1.82) is 0 Å². The van der Waals surface area contributed by atoms with Crippen LogP contribution in [0.5, 0.6) is 0 Å². The topological polar surface area (TPSA) is 53.5 Å². The van der Waals surface area contributed by atoms with Crippen LogP contribution in [0.2, 0.25) is 5.02 Å². The van der Waals surface area contributed by atoms with Gasteiger partial charge in [0, 0.05) is 16.4 Å². The molecule has 5 heteroatoms. The molecule has 2 atom stereocenters. The molecule has 1 aromatic rings. The molecule has 0 aromatic heterocycles. The number of nitrogens with zero attached hydrogens (tertiary/aromatic N) is 1. The lowest BCUT2D eigenvalue weighted by Crippen LogP contribution is -2.37. The summed E-state index contributed by atoms with van der Waals surface area (Å²) in [5, 5.41) is 8.24. The molecule has 0 heterocycles. The third-order valence-electron chi connectivity index (χ3n) is 4.11. The number of rotatable bonds is 5. The summed E-state index contributed by atoms with van der Waals surface area (Å²) in [5.74, 6) is 0.376. The Morgan fingerprint density at radius 2 is 2.09 bits per heavy atom. The van der Waals surface area contributed by atoms with Crippen molar-refractivity contribution in [1.82, 2.24) is 5.43 Å². The maximum absolute atomic E-state index is 12.3. The van der Waals surface area contributed by atoms with E-state index in [9.17, 15) is 4.79 Å². The first kappa shape index (κ1) is 16.8. The largest absolute Gasteiger partial charge is 0.374 e. The Balaban J connectivity index is 1.93. The van der Waals surface area contributed by atoms with Crippen molar-refractivity contribution in [2.75, 3.05) is 5.32 Å². The van der Waals surface area contributed by atoms with Gasteiger partial charge in [0.1, 0.15) is 6.04 Å². The van der Waals surface area contributed by atoms with Crippen LogP contribution in [-0.4, -0.2) is 17.7 Å². The fourth-order valence-electron chi connectivity index (χ4n) is 2.64. The third-order valence-corrected chi connectivity index (χ3v) is 4.36. The summed E-state index contributed by atoms with van der Waals surface area (Å²) in [6.07, 6.45) is 5.26. The third kappa shape index (κ3) is 4.73. The second-order valence-electron chi connectivity index (χ2n) is 5.84. The smallest absolute Gasteiger partial charge is 0.262 e. The van der Waals surface area contributed by atoms with Crippen LogP contribution < -0.4 is 10.7 Å². The second kappa shape index (κ2) is 8.18. The number of hydrazone groups is 1. The lowest BCUT2D eigenvalue weighted by molar-refractivity contribution is -0.121. The van der Waals surface area contributed by atoms with Crippen LogP contribution in [0.25, 0.3) is 0 Å². The van der Waals surface area contributed by atoms with E-state index < -0.39 is 0 Å². The van der Waals surface area contributed by atoms with Gasteiger partial charge in [0.2, 0.25) is 0 Å². The van der Waals surface area contributed by atoms with Crippen LogP contribution in [0, 0.1) is 5.92 Å². The highest BCUT2D eigenvalue weighted by atomic mass is 35.5. The molecule has 2 rings (SSSR count). The number of hydrogen-bond donors (Lipinski definition) is 2. The molecule has 2 N–H and O–H groups in total. The lowest BCUT2D eigenvalue weighted by atomic mass is 9.89. The molecule has 120 valence electrons. The van der Waals surface area contributed by atoms with Crippen LogP contribution in [0.1, 0.15) is 46.0 Å². The van der Waals surface area contributed by atoms with Crippen LogP contribution >= 0.6 is 11.6 Å². The molecule has 1 aliphatic carbocycles. The van der Waals surface area contributed by atoms with Gasteiger partial charge in [-0.3, -0.25) is 4.79 Å². The molecule has 1 amide bonds. The minimum absolute atomic E-state index is 0.0947. The Labute approximate surface area is 137 Å². The molecule has 1 aromatic carbocycles. The summed E-state index contributed by atoms with van der Waals surface area (Å²) in [4.78, 5) is 12.3. The number of nitrogens with one attached hydrogen (secondary N) is 2. The van der Waals surface area contributed by atoms with E-state index in [2.05, 4.69) is 22.8 Å². The molecule has 1 saturated carbocycles. The lowest BCUT2D eigenvalue weighted by Gasteiger charge is -2.21. The first-order valence-corrected chi connectivity index (χ1v) is 8.36. The molecule has 0 unspecified atom stereocenters. The van der Waals surface area contributed by atoms with Gasteiger partial charge in [-0.1, -0.05) is 31.9 Å². The molecule has 22 heavy (non-hydrogen) atoms.